The highest BCUT2D eigenvalue weighted by Crippen LogP contribution is 2.27. The number of nitrogens with zero attached hydrogens (tertiary/aromatic N) is 3. The molecule has 92 valence electrons. The van der Waals surface area contributed by atoms with E-state index in [1.165, 1.54) is 23.8 Å². The number of hydrogen-bond donors (Lipinski definition) is 0. The Morgan fingerprint density at radius 3 is 2.72 bits per heavy atom. The van der Waals surface area contributed by atoms with Gasteiger partial charge in [0.05, 0.1) is 7.11 Å². The van der Waals surface area contributed by atoms with Crippen LogP contribution >= 0.6 is 11.6 Å². The van der Waals surface area contributed by atoms with E-state index in [1.54, 1.807) is 13.1 Å². The van der Waals surface area contributed by atoms with Crippen molar-refractivity contribution in [3.05, 3.63) is 34.9 Å². The first kappa shape index (κ1) is 12.4. The number of aromatic nitrogens is 2. The summed E-state index contributed by atoms with van der Waals surface area (Å²) in [5, 5.41) is 9.01. The summed E-state index contributed by atoms with van der Waals surface area (Å²) in [4.78, 5) is 4.05. The van der Waals surface area contributed by atoms with Gasteiger partial charge in [0.15, 0.2) is 22.4 Å². The van der Waals surface area contributed by atoms with Crippen LogP contribution in [0.2, 0.25) is 5.15 Å². The fourth-order valence-electron chi connectivity index (χ4n) is 1.65. The quantitative estimate of drug-likeness (QED) is 0.839. The molecule has 0 saturated carbocycles. The number of methoxy groups -OCH3 is 1. The molecule has 2 aromatic rings. The van der Waals surface area contributed by atoms with E-state index < -0.39 is 5.82 Å². The van der Waals surface area contributed by atoms with Gasteiger partial charge in [0.2, 0.25) is 0 Å². The Morgan fingerprint density at radius 2 is 2.22 bits per heavy atom. The second kappa shape index (κ2) is 4.67. The zero-order valence-electron chi connectivity index (χ0n) is 9.74. The van der Waals surface area contributed by atoms with Gasteiger partial charge in [-0.15, -0.1) is 0 Å². The number of imidazole rings is 1. The third kappa shape index (κ3) is 1.91. The van der Waals surface area contributed by atoms with Crippen molar-refractivity contribution in [1.82, 2.24) is 9.55 Å². The summed E-state index contributed by atoms with van der Waals surface area (Å²) in [6, 6.07) is 6.39. The first-order valence-electron chi connectivity index (χ1n) is 5.04. The molecule has 4 nitrogen and oxygen atoms in total. The molecule has 1 aromatic heterocycles. The number of rotatable bonds is 2. The summed E-state index contributed by atoms with van der Waals surface area (Å²) >= 11 is 5.83. The van der Waals surface area contributed by atoms with E-state index >= 15 is 0 Å². The van der Waals surface area contributed by atoms with Crippen LogP contribution in [0.5, 0.6) is 5.75 Å². The van der Waals surface area contributed by atoms with Crippen LogP contribution in [0.4, 0.5) is 4.39 Å². The molecule has 0 aliphatic rings. The van der Waals surface area contributed by atoms with Crippen molar-refractivity contribution in [2.75, 3.05) is 7.11 Å². The third-order valence-corrected chi connectivity index (χ3v) is 2.83. The number of halogens is 2. The molecule has 0 aliphatic heterocycles. The van der Waals surface area contributed by atoms with Crippen molar-refractivity contribution in [3.8, 4) is 23.2 Å². The second-order valence-corrected chi connectivity index (χ2v) is 3.95. The second-order valence-electron chi connectivity index (χ2n) is 3.59. The fraction of sp³-hybridized carbons (Fsp3) is 0.167. The molecule has 2 rings (SSSR count). The molecule has 6 heteroatoms. The zero-order chi connectivity index (χ0) is 13.3. The summed E-state index contributed by atoms with van der Waals surface area (Å²) < 4.78 is 20.0. The minimum atomic E-state index is -0.493. The highest BCUT2D eigenvalue weighted by molar-refractivity contribution is 6.30. The highest BCUT2D eigenvalue weighted by atomic mass is 35.5. The topological polar surface area (TPSA) is 50.8 Å². The molecule has 0 saturated heterocycles. The van der Waals surface area contributed by atoms with Gasteiger partial charge in [-0.25, -0.2) is 9.37 Å². The minimum Gasteiger partial charge on any atom is -0.494 e. The highest BCUT2D eigenvalue weighted by Gasteiger charge is 2.15. The van der Waals surface area contributed by atoms with Crippen LogP contribution in [0.1, 0.15) is 5.69 Å². The van der Waals surface area contributed by atoms with Crippen LogP contribution < -0.4 is 4.74 Å². The van der Waals surface area contributed by atoms with Gasteiger partial charge in [0.25, 0.3) is 0 Å². The van der Waals surface area contributed by atoms with Crippen LogP contribution in [0.15, 0.2) is 18.2 Å². The molecule has 0 bridgehead atoms. The maximum atomic E-state index is 13.6. The molecule has 18 heavy (non-hydrogen) atoms. The molecule has 0 amide bonds. The van der Waals surface area contributed by atoms with Gasteiger partial charge in [-0.1, -0.05) is 11.6 Å². The molecule has 0 fully saturated rings. The Kier molecular flexibility index (Phi) is 3.21. The Labute approximate surface area is 108 Å². The summed E-state index contributed by atoms with van der Waals surface area (Å²) in [6.07, 6.45) is 0. The van der Waals surface area contributed by atoms with Gasteiger partial charge >= 0.3 is 0 Å². The van der Waals surface area contributed by atoms with E-state index in [1.807, 2.05) is 6.07 Å². The summed E-state index contributed by atoms with van der Waals surface area (Å²) in [5.74, 6) is 0.0882. The predicted molar refractivity (Wildman–Crippen MR) is 64.9 cm³/mol. The monoisotopic (exact) mass is 265 g/mol. The molecule has 1 aromatic carbocycles. The van der Waals surface area contributed by atoms with Gasteiger partial charge in [0, 0.05) is 12.6 Å². The fourth-order valence-corrected chi connectivity index (χ4v) is 1.90. The lowest BCUT2D eigenvalue weighted by atomic mass is 10.2. The van der Waals surface area contributed by atoms with Crippen LogP contribution in [0.25, 0.3) is 11.4 Å². The van der Waals surface area contributed by atoms with Crippen LogP contribution in [-0.2, 0) is 7.05 Å². The number of nitriles is 1. The van der Waals surface area contributed by atoms with E-state index in [-0.39, 0.29) is 16.6 Å². The lowest BCUT2D eigenvalue weighted by Gasteiger charge is -2.05. The SMILES string of the molecule is COc1ccc(-c2nc(Cl)c(C#N)n2C)cc1F. The Hall–Kier alpha value is -2.06. The zero-order valence-corrected chi connectivity index (χ0v) is 10.5. The maximum absolute atomic E-state index is 13.6. The van der Waals surface area contributed by atoms with Gasteiger partial charge in [-0.2, -0.15) is 5.26 Å². The predicted octanol–water partition coefficient (Wildman–Crippen LogP) is 2.76. The molecule has 0 atom stereocenters. The van der Waals surface area contributed by atoms with Crippen LogP contribution in [0, 0.1) is 17.1 Å². The van der Waals surface area contributed by atoms with Crippen LogP contribution in [0.3, 0.4) is 0 Å². The normalized spacial score (nSPS) is 10.2. The maximum Gasteiger partial charge on any atom is 0.166 e. The Bertz CT molecular complexity index is 646. The van der Waals surface area contributed by atoms with Crippen molar-refractivity contribution in [2.45, 2.75) is 0 Å². The smallest absolute Gasteiger partial charge is 0.166 e. The van der Waals surface area contributed by atoms with Gasteiger partial charge in [-0.05, 0) is 18.2 Å². The van der Waals surface area contributed by atoms with Crippen molar-refractivity contribution in [1.29, 1.82) is 5.26 Å². The first-order valence-corrected chi connectivity index (χ1v) is 5.42. The molecule has 0 N–H and O–H groups in total. The first-order chi connectivity index (χ1) is 8.58. The van der Waals surface area contributed by atoms with E-state index in [2.05, 4.69) is 4.98 Å². The van der Waals surface area contributed by atoms with E-state index in [0.717, 1.165) is 0 Å². The van der Waals surface area contributed by atoms with Crippen molar-refractivity contribution >= 4 is 11.6 Å². The standard InChI is InChI=1S/C12H9ClFN3O/c1-17-9(6-15)11(13)16-12(17)7-3-4-10(18-2)8(14)5-7/h3-5H,1-2H3. The number of benzene rings is 1. The third-order valence-electron chi connectivity index (χ3n) is 2.57. The van der Waals surface area contributed by atoms with Gasteiger partial charge in [-0.3, -0.25) is 0 Å². The molecule has 0 radical (unpaired) electrons. The molecular formula is C12H9ClFN3O. The molecule has 0 spiro atoms. The van der Waals surface area contributed by atoms with Gasteiger partial charge in [0.1, 0.15) is 11.9 Å². The van der Waals surface area contributed by atoms with Crippen molar-refractivity contribution < 1.29 is 9.13 Å². The largest absolute Gasteiger partial charge is 0.494 e. The van der Waals surface area contributed by atoms with E-state index in [0.29, 0.717) is 11.4 Å². The lowest BCUT2D eigenvalue weighted by molar-refractivity contribution is 0.386. The Morgan fingerprint density at radius 1 is 1.50 bits per heavy atom. The molecule has 1 heterocycles. The molecular weight excluding hydrogens is 257 g/mol. The van der Waals surface area contributed by atoms with Gasteiger partial charge < -0.3 is 9.30 Å². The molecule has 0 aliphatic carbocycles. The number of hydrogen-bond acceptors (Lipinski definition) is 3. The average molecular weight is 266 g/mol. The van der Waals surface area contributed by atoms with Crippen molar-refractivity contribution in [3.63, 3.8) is 0 Å². The lowest BCUT2D eigenvalue weighted by Crippen LogP contribution is -1.96. The average Bonchev–Trinajstić information content (AvgIpc) is 2.64. The van der Waals surface area contributed by atoms with Crippen LogP contribution in [-0.4, -0.2) is 16.7 Å². The van der Waals surface area contributed by atoms with E-state index in [9.17, 15) is 4.39 Å². The summed E-state index contributed by atoms with van der Waals surface area (Å²) in [7, 11) is 3.04. The Balaban J connectivity index is 2.57. The summed E-state index contributed by atoms with van der Waals surface area (Å²) in [5.41, 5.74) is 0.766. The summed E-state index contributed by atoms with van der Waals surface area (Å²) in [6.45, 7) is 0. The number of ether oxygens (including phenoxy) is 1. The van der Waals surface area contributed by atoms with Crippen molar-refractivity contribution in [2.24, 2.45) is 7.05 Å². The van der Waals surface area contributed by atoms with E-state index in [4.69, 9.17) is 21.6 Å². The minimum absolute atomic E-state index is 0.103. The molecule has 0 unspecified atom stereocenters.